The predicted octanol–water partition coefficient (Wildman–Crippen LogP) is 4.57. The van der Waals surface area contributed by atoms with E-state index in [-0.39, 0.29) is 17.7 Å². The van der Waals surface area contributed by atoms with Gasteiger partial charge < -0.3 is 15.2 Å². The van der Waals surface area contributed by atoms with Crippen LogP contribution in [0.2, 0.25) is 5.02 Å². The van der Waals surface area contributed by atoms with Gasteiger partial charge in [-0.3, -0.25) is 4.79 Å². The Morgan fingerprint density at radius 2 is 2.00 bits per heavy atom. The summed E-state index contributed by atoms with van der Waals surface area (Å²) in [4.78, 5) is 12.0. The Morgan fingerprint density at radius 1 is 1.28 bits per heavy atom. The average molecular weight is 467 g/mol. The smallest absolute Gasteiger partial charge is 0.478 e. The summed E-state index contributed by atoms with van der Waals surface area (Å²) in [5.41, 5.74) is 4.26. The van der Waals surface area contributed by atoms with Gasteiger partial charge in [0.05, 0.1) is 35.5 Å². The van der Waals surface area contributed by atoms with Crippen LogP contribution in [0.1, 0.15) is 29.8 Å². The van der Waals surface area contributed by atoms with Gasteiger partial charge in [0.2, 0.25) is 11.8 Å². The van der Waals surface area contributed by atoms with E-state index in [1.807, 2.05) is 0 Å². The van der Waals surface area contributed by atoms with E-state index < -0.39 is 23.4 Å². The second kappa shape index (κ2) is 8.59. The number of carbonyl (C=O) groups excluding carboxylic acids is 1. The van der Waals surface area contributed by atoms with Crippen LogP contribution in [-0.4, -0.2) is 28.7 Å². The van der Waals surface area contributed by atoms with Crippen LogP contribution in [0.25, 0.3) is 10.9 Å². The highest BCUT2D eigenvalue weighted by Gasteiger charge is 2.36. The second-order valence-corrected chi connectivity index (χ2v) is 7.56. The molecule has 0 bridgehead atoms. The molecule has 1 aromatic heterocycles. The molecule has 7 nitrogen and oxygen atoms in total. The number of nitrogens with zero attached hydrogens (tertiary/aromatic N) is 3. The number of amides is 1. The van der Waals surface area contributed by atoms with Crippen LogP contribution in [0.5, 0.6) is 11.6 Å². The predicted molar refractivity (Wildman–Crippen MR) is 111 cm³/mol. The molecular weight excluding hydrogens is 449 g/mol. The van der Waals surface area contributed by atoms with E-state index in [9.17, 15) is 23.2 Å². The Kier molecular flexibility index (Phi) is 6.23. The SMILES string of the molecule is CCOc1c2ccc(Cl)cc2nn1CC(C)(C#N)c1cc(OC(F)(F)F)ccc1C(N)=O. The Labute approximate surface area is 186 Å². The van der Waals surface area contributed by atoms with Crippen molar-refractivity contribution in [3.63, 3.8) is 0 Å². The Bertz CT molecular complexity index is 1220. The molecule has 1 amide bonds. The number of fused-ring (bicyclic) bond motifs is 1. The van der Waals surface area contributed by atoms with Gasteiger partial charge in [0.15, 0.2) is 0 Å². The van der Waals surface area contributed by atoms with Crippen molar-refractivity contribution < 1.29 is 27.4 Å². The summed E-state index contributed by atoms with van der Waals surface area (Å²) >= 11 is 6.04. The third-order valence-corrected chi connectivity index (χ3v) is 4.97. The summed E-state index contributed by atoms with van der Waals surface area (Å²) in [6, 6.07) is 10.1. The molecule has 3 aromatic rings. The van der Waals surface area contributed by atoms with Gasteiger partial charge in [-0.15, -0.1) is 13.2 Å². The molecule has 2 N–H and O–H groups in total. The van der Waals surface area contributed by atoms with Crippen molar-refractivity contribution in [2.45, 2.75) is 32.2 Å². The summed E-state index contributed by atoms with van der Waals surface area (Å²) in [5, 5.41) is 15.5. The fourth-order valence-corrected chi connectivity index (χ4v) is 3.52. The van der Waals surface area contributed by atoms with E-state index in [1.165, 1.54) is 11.6 Å². The first kappa shape index (κ1) is 23.2. The highest BCUT2D eigenvalue weighted by atomic mass is 35.5. The van der Waals surface area contributed by atoms with Gasteiger partial charge in [-0.05, 0) is 55.8 Å². The molecule has 32 heavy (non-hydrogen) atoms. The van der Waals surface area contributed by atoms with Gasteiger partial charge in [-0.2, -0.15) is 10.4 Å². The van der Waals surface area contributed by atoms with Crippen molar-refractivity contribution in [2.75, 3.05) is 6.61 Å². The third kappa shape index (κ3) is 4.73. The molecule has 0 radical (unpaired) electrons. The number of ether oxygens (including phenoxy) is 2. The minimum atomic E-state index is -4.95. The highest BCUT2D eigenvalue weighted by molar-refractivity contribution is 6.31. The zero-order valence-corrected chi connectivity index (χ0v) is 17.8. The maximum Gasteiger partial charge on any atom is 0.573 e. The van der Waals surface area contributed by atoms with Crippen LogP contribution in [0.3, 0.4) is 0 Å². The number of aromatic nitrogens is 2. The maximum absolute atomic E-state index is 12.7. The van der Waals surface area contributed by atoms with E-state index >= 15 is 0 Å². The number of carbonyl (C=O) groups is 1. The molecular formula is C21H18ClF3N4O3. The number of hydrogen-bond acceptors (Lipinski definition) is 5. The number of benzene rings is 2. The van der Waals surface area contributed by atoms with Gasteiger partial charge in [-0.1, -0.05) is 11.6 Å². The summed E-state index contributed by atoms with van der Waals surface area (Å²) in [6.45, 7) is 3.38. The number of alkyl halides is 3. The first-order chi connectivity index (χ1) is 15.0. The van der Waals surface area contributed by atoms with Crippen LogP contribution < -0.4 is 15.2 Å². The van der Waals surface area contributed by atoms with Gasteiger partial charge >= 0.3 is 6.36 Å². The zero-order valence-electron chi connectivity index (χ0n) is 17.0. The molecule has 3 rings (SSSR count). The molecule has 0 saturated heterocycles. The molecule has 0 saturated carbocycles. The molecule has 11 heteroatoms. The normalized spacial score (nSPS) is 13.4. The minimum absolute atomic E-state index is 0.0331. The summed E-state index contributed by atoms with van der Waals surface area (Å²) in [7, 11) is 0. The molecule has 0 aliphatic rings. The Morgan fingerprint density at radius 3 is 2.59 bits per heavy atom. The molecule has 168 valence electrons. The van der Waals surface area contributed by atoms with Crippen LogP contribution >= 0.6 is 11.6 Å². The van der Waals surface area contributed by atoms with E-state index in [0.29, 0.717) is 28.4 Å². The van der Waals surface area contributed by atoms with Crippen LogP contribution in [0, 0.1) is 11.3 Å². The first-order valence-electron chi connectivity index (χ1n) is 9.37. The van der Waals surface area contributed by atoms with Crippen molar-refractivity contribution in [1.82, 2.24) is 9.78 Å². The summed E-state index contributed by atoms with van der Waals surface area (Å²) < 4.78 is 49.3. The van der Waals surface area contributed by atoms with E-state index in [4.69, 9.17) is 22.1 Å². The van der Waals surface area contributed by atoms with Crippen molar-refractivity contribution in [2.24, 2.45) is 5.73 Å². The van der Waals surface area contributed by atoms with Crippen LogP contribution in [0.4, 0.5) is 13.2 Å². The van der Waals surface area contributed by atoms with Crippen molar-refractivity contribution in [3.8, 4) is 17.7 Å². The van der Waals surface area contributed by atoms with Gasteiger partial charge in [0.25, 0.3) is 0 Å². The van der Waals surface area contributed by atoms with E-state index in [0.717, 1.165) is 18.2 Å². The van der Waals surface area contributed by atoms with Crippen LogP contribution in [0.15, 0.2) is 36.4 Å². The Balaban J connectivity index is 2.15. The Hall–Kier alpha value is -3.45. The molecule has 2 aromatic carbocycles. The monoisotopic (exact) mass is 466 g/mol. The highest BCUT2D eigenvalue weighted by Crippen LogP contribution is 2.36. The number of nitriles is 1. The zero-order chi connectivity index (χ0) is 23.7. The van der Waals surface area contributed by atoms with E-state index in [2.05, 4.69) is 15.9 Å². The lowest BCUT2D eigenvalue weighted by Gasteiger charge is -2.25. The molecule has 1 unspecified atom stereocenters. The van der Waals surface area contributed by atoms with Gasteiger partial charge in [0.1, 0.15) is 5.75 Å². The average Bonchev–Trinajstić information content (AvgIpc) is 3.02. The number of nitrogens with two attached hydrogens (primary N) is 1. The van der Waals surface area contributed by atoms with Crippen molar-refractivity contribution in [3.05, 3.63) is 52.5 Å². The molecule has 0 aliphatic carbocycles. The topological polar surface area (TPSA) is 103 Å². The van der Waals surface area contributed by atoms with Crippen LogP contribution in [-0.2, 0) is 12.0 Å². The number of halogens is 4. The largest absolute Gasteiger partial charge is 0.573 e. The molecule has 1 atom stereocenters. The van der Waals surface area contributed by atoms with Crippen molar-refractivity contribution >= 4 is 28.4 Å². The number of hydrogen-bond donors (Lipinski definition) is 1. The quantitative estimate of drug-likeness (QED) is 0.549. The second-order valence-electron chi connectivity index (χ2n) is 7.12. The standard InChI is InChI=1S/C21H18ClF3N4O3/c1-3-31-19-15-6-4-12(22)8-17(15)28-29(19)11-20(2,10-26)16-9-13(32-21(23,24)25)5-7-14(16)18(27)30/h4-9H,3,11H2,1-2H3,(H2,27,30). The third-order valence-electron chi connectivity index (χ3n) is 4.73. The molecule has 0 aliphatic heterocycles. The lowest BCUT2D eigenvalue weighted by molar-refractivity contribution is -0.274. The van der Waals surface area contributed by atoms with Gasteiger partial charge in [0, 0.05) is 10.6 Å². The summed E-state index contributed by atoms with van der Waals surface area (Å²) in [5.74, 6) is -1.13. The molecule has 0 spiro atoms. The first-order valence-corrected chi connectivity index (χ1v) is 9.75. The lowest BCUT2D eigenvalue weighted by Crippen LogP contribution is -2.31. The maximum atomic E-state index is 12.7. The molecule has 1 heterocycles. The fraction of sp³-hybridized carbons (Fsp3) is 0.286. The molecule has 0 fully saturated rings. The van der Waals surface area contributed by atoms with E-state index in [1.54, 1.807) is 25.1 Å². The van der Waals surface area contributed by atoms with Gasteiger partial charge in [-0.25, -0.2) is 4.68 Å². The fourth-order valence-electron chi connectivity index (χ4n) is 3.35. The number of primary amides is 1. The summed E-state index contributed by atoms with van der Waals surface area (Å²) in [6.07, 6.45) is -4.95. The minimum Gasteiger partial charge on any atom is -0.478 e. The van der Waals surface area contributed by atoms with Crippen molar-refractivity contribution in [1.29, 1.82) is 5.26 Å². The lowest BCUT2D eigenvalue weighted by atomic mass is 9.80. The number of rotatable bonds is 7.